The third-order valence-electron chi connectivity index (χ3n) is 5.45. The van der Waals surface area contributed by atoms with Gasteiger partial charge in [0.2, 0.25) is 0 Å². The van der Waals surface area contributed by atoms with Crippen molar-refractivity contribution in [3.8, 4) is 0 Å². The summed E-state index contributed by atoms with van der Waals surface area (Å²) in [6.07, 6.45) is -0.499. The second kappa shape index (κ2) is 8.16. The van der Waals surface area contributed by atoms with Crippen molar-refractivity contribution < 1.29 is 17.9 Å². The number of rotatable bonds is 5. The molecule has 0 spiro atoms. The maximum atomic E-state index is 12.8. The summed E-state index contributed by atoms with van der Waals surface area (Å²) in [6, 6.07) is 11.5. The molecule has 1 aromatic carbocycles. The number of nitrogens with zero attached hydrogens (tertiary/aromatic N) is 3. The second-order valence-corrected chi connectivity index (χ2v) is 7.55. The standard InChI is InChI=1S/C22H24F3N3O/c1-16-26-20(21-7-2-3-10-28(16)21)14-27-11-8-19(9-12-27)29-15-17-5-4-6-18(13-17)22(23,24)25/h2-7,10,13,19H,8-9,11-12,14-15H2,1H3. The van der Waals surface area contributed by atoms with E-state index in [1.807, 2.05) is 25.3 Å². The number of aryl methyl sites for hydroxylation is 1. The van der Waals surface area contributed by atoms with Crippen molar-refractivity contribution in [3.05, 3.63) is 71.3 Å². The highest BCUT2D eigenvalue weighted by Crippen LogP contribution is 2.30. The first-order chi connectivity index (χ1) is 13.9. The molecule has 0 saturated carbocycles. The Morgan fingerprint density at radius 1 is 1.10 bits per heavy atom. The van der Waals surface area contributed by atoms with Crippen molar-refractivity contribution >= 4 is 5.52 Å². The molecule has 0 radical (unpaired) electrons. The predicted molar refractivity (Wildman–Crippen MR) is 104 cm³/mol. The number of hydrogen-bond donors (Lipinski definition) is 0. The monoisotopic (exact) mass is 403 g/mol. The largest absolute Gasteiger partial charge is 0.416 e. The average molecular weight is 403 g/mol. The van der Waals surface area contributed by atoms with Gasteiger partial charge in [-0.05, 0) is 49.6 Å². The van der Waals surface area contributed by atoms with E-state index in [2.05, 4.69) is 15.4 Å². The summed E-state index contributed by atoms with van der Waals surface area (Å²) in [4.78, 5) is 7.07. The molecule has 29 heavy (non-hydrogen) atoms. The number of halogens is 3. The van der Waals surface area contributed by atoms with Crippen molar-refractivity contribution in [2.45, 2.75) is 45.2 Å². The summed E-state index contributed by atoms with van der Waals surface area (Å²) >= 11 is 0. The molecule has 0 bridgehead atoms. The van der Waals surface area contributed by atoms with Gasteiger partial charge in [-0.2, -0.15) is 13.2 Å². The van der Waals surface area contributed by atoms with E-state index in [1.54, 1.807) is 6.07 Å². The van der Waals surface area contributed by atoms with Crippen LogP contribution in [0.3, 0.4) is 0 Å². The normalized spacial score (nSPS) is 16.6. The maximum absolute atomic E-state index is 12.8. The van der Waals surface area contributed by atoms with Crippen LogP contribution in [0.25, 0.3) is 5.52 Å². The van der Waals surface area contributed by atoms with Gasteiger partial charge in [0.1, 0.15) is 5.82 Å². The number of imidazole rings is 1. The summed E-state index contributed by atoms with van der Waals surface area (Å²) in [5, 5.41) is 0. The fourth-order valence-corrected chi connectivity index (χ4v) is 3.88. The fourth-order valence-electron chi connectivity index (χ4n) is 3.88. The van der Waals surface area contributed by atoms with Gasteiger partial charge in [-0.15, -0.1) is 0 Å². The van der Waals surface area contributed by atoms with Crippen LogP contribution in [0.15, 0.2) is 48.7 Å². The van der Waals surface area contributed by atoms with Crippen molar-refractivity contribution in [1.82, 2.24) is 14.3 Å². The third-order valence-corrected chi connectivity index (χ3v) is 5.45. The highest BCUT2D eigenvalue weighted by Gasteiger charge is 2.30. The Morgan fingerprint density at radius 3 is 2.66 bits per heavy atom. The smallest absolute Gasteiger partial charge is 0.373 e. The Hall–Kier alpha value is -2.38. The van der Waals surface area contributed by atoms with Crippen LogP contribution >= 0.6 is 0 Å². The molecule has 1 saturated heterocycles. The first-order valence-corrected chi connectivity index (χ1v) is 9.83. The van der Waals surface area contributed by atoms with Gasteiger partial charge in [-0.3, -0.25) is 4.90 Å². The van der Waals surface area contributed by atoms with E-state index < -0.39 is 11.7 Å². The number of pyridine rings is 1. The van der Waals surface area contributed by atoms with Crippen LogP contribution in [0.2, 0.25) is 0 Å². The average Bonchev–Trinajstić information content (AvgIpc) is 3.03. The summed E-state index contributed by atoms with van der Waals surface area (Å²) in [6.45, 7) is 4.78. The van der Waals surface area contributed by atoms with E-state index in [0.29, 0.717) is 5.56 Å². The Labute approximate surface area is 167 Å². The Balaban J connectivity index is 1.30. The molecule has 4 rings (SSSR count). The Morgan fingerprint density at radius 2 is 1.90 bits per heavy atom. The molecule has 0 unspecified atom stereocenters. The molecule has 3 aromatic rings. The molecule has 1 aliphatic rings. The lowest BCUT2D eigenvalue weighted by molar-refractivity contribution is -0.137. The number of likely N-dealkylation sites (tertiary alicyclic amines) is 1. The highest BCUT2D eigenvalue weighted by molar-refractivity contribution is 5.53. The van der Waals surface area contributed by atoms with Crippen molar-refractivity contribution in [2.24, 2.45) is 0 Å². The quantitative estimate of drug-likeness (QED) is 0.610. The summed E-state index contributed by atoms with van der Waals surface area (Å²) in [5.41, 5.74) is 2.14. The lowest BCUT2D eigenvalue weighted by atomic mass is 10.1. The topological polar surface area (TPSA) is 29.8 Å². The maximum Gasteiger partial charge on any atom is 0.416 e. The number of benzene rings is 1. The van der Waals surface area contributed by atoms with Crippen molar-refractivity contribution in [3.63, 3.8) is 0 Å². The summed E-state index contributed by atoms with van der Waals surface area (Å²) in [7, 11) is 0. The van der Waals surface area contributed by atoms with Crippen LogP contribution in [0, 0.1) is 6.92 Å². The second-order valence-electron chi connectivity index (χ2n) is 7.55. The lowest BCUT2D eigenvalue weighted by Crippen LogP contribution is -2.36. The zero-order valence-corrected chi connectivity index (χ0v) is 16.3. The highest BCUT2D eigenvalue weighted by atomic mass is 19.4. The zero-order valence-electron chi connectivity index (χ0n) is 16.3. The van der Waals surface area contributed by atoms with Gasteiger partial charge in [-0.1, -0.05) is 18.2 Å². The van der Waals surface area contributed by atoms with E-state index in [9.17, 15) is 13.2 Å². The molecular weight excluding hydrogens is 379 g/mol. The van der Waals surface area contributed by atoms with Gasteiger partial charge >= 0.3 is 6.18 Å². The minimum atomic E-state index is -4.32. The summed E-state index contributed by atoms with van der Waals surface area (Å²) in [5.74, 6) is 0.981. The molecule has 0 N–H and O–H groups in total. The van der Waals surface area contributed by atoms with E-state index >= 15 is 0 Å². The van der Waals surface area contributed by atoms with Crippen LogP contribution in [-0.4, -0.2) is 33.5 Å². The van der Waals surface area contributed by atoms with Gasteiger partial charge in [0, 0.05) is 25.8 Å². The number of alkyl halides is 3. The molecule has 1 fully saturated rings. The summed E-state index contributed by atoms with van der Waals surface area (Å²) < 4.78 is 46.5. The van der Waals surface area contributed by atoms with Gasteiger partial charge < -0.3 is 9.14 Å². The molecule has 154 valence electrons. The first-order valence-electron chi connectivity index (χ1n) is 9.83. The molecule has 0 aliphatic carbocycles. The van der Waals surface area contributed by atoms with Crippen LogP contribution in [0.4, 0.5) is 13.2 Å². The molecular formula is C22H24F3N3O. The van der Waals surface area contributed by atoms with E-state index in [0.717, 1.165) is 55.6 Å². The third kappa shape index (κ3) is 4.62. The van der Waals surface area contributed by atoms with Crippen LogP contribution in [0.1, 0.15) is 35.5 Å². The van der Waals surface area contributed by atoms with Crippen molar-refractivity contribution in [2.75, 3.05) is 13.1 Å². The van der Waals surface area contributed by atoms with E-state index in [1.165, 1.54) is 12.1 Å². The molecule has 4 nitrogen and oxygen atoms in total. The minimum Gasteiger partial charge on any atom is -0.373 e. The number of fused-ring (bicyclic) bond motifs is 1. The fraction of sp³-hybridized carbons (Fsp3) is 0.409. The van der Waals surface area contributed by atoms with Gasteiger partial charge in [0.05, 0.1) is 29.5 Å². The van der Waals surface area contributed by atoms with E-state index in [-0.39, 0.29) is 12.7 Å². The number of hydrogen-bond acceptors (Lipinski definition) is 3. The van der Waals surface area contributed by atoms with Crippen molar-refractivity contribution in [1.29, 1.82) is 0 Å². The Kier molecular flexibility index (Phi) is 5.61. The minimum absolute atomic E-state index is 0.0706. The van der Waals surface area contributed by atoms with Gasteiger partial charge in [-0.25, -0.2) is 4.98 Å². The number of ether oxygens (including phenoxy) is 1. The molecule has 7 heteroatoms. The predicted octanol–water partition coefficient (Wildman–Crippen LogP) is 4.84. The van der Waals surface area contributed by atoms with Gasteiger partial charge in [0.25, 0.3) is 0 Å². The van der Waals surface area contributed by atoms with Crippen LogP contribution in [-0.2, 0) is 24.1 Å². The molecule has 2 aromatic heterocycles. The molecule has 0 atom stereocenters. The van der Waals surface area contributed by atoms with E-state index in [4.69, 9.17) is 9.72 Å². The van der Waals surface area contributed by atoms with Crippen LogP contribution < -0.4 is 0 Å². The number of aromatic nitrogens is 2. The number of piperidine rings is 1. The SMILES string of the molecule is Cc1nc(CN2CCC(OCc3cccc(C(F)(F)F)c3)CC2)c2ccccn12. The van der Waals surface area contributed by atoms with Gasteiger partial charge in [0.15, 0.2) is 0 Å². The van der Waals surface area contributed by atoms with Crippen LogP contribution in [0.5, 0.6) is 0 Å². The zero-order chi connectivity index (χ0) is 20.4. The molecule has 3 heterocycles. The Bertz CT molecular complexity index is 975. The molecule has 0 amide bonds. The molecule has 1 aliphatic heterocycles. The lowest BCUT2D eigenvalue weighted by Gasteiger charge is -2.31. The first kappa shape index (κ1) is 19.9.